The molecule has 2 aromatic carbocycles. The molecule has 6 nitrogen and oxygen atoms in total. The van der Waals surface area contributed by atoms with E-state index in [0.717, 1.165) is 0 Å². The second kappa shape index (κ2) is 3.76. The van der Waals surface area contributed by atoms with Crippen molar-refractivity contribution >= 4 is 6.08 Å². The van der Waals surface area contributed by atoms with Gasteiger partial charge in [-0.1, -0.05) is 0 Å². The maximum atomic E-state index is 9.98. The van der Waals surface area contributed by atoms with Crippen molar-refractivity contribution < 1.29 is 29.9 Å². The number of phenols is 4. The molecule has 0 aromatic heterocycles. The fourth-order valence-corrected chi connectivity index (χ4v) is 2.62. The summed E-state index contributed by atoms with van der Waals surface area (Å²) in [5.41, 5.74) is 1.07. The molecule has 0 fully saturated rings. The lowest BCUT2D eigenvalue weighted by molar-refractivity contribution is -0.00432. The van der Waals surface area contributed by atoms with Gasteiger partial charge in [0.25, 0.3) is 11.9 Å². The highest BCUT2D eigenvalue weighted by atomic mass is 16.6. The van der Waals surface area contributed by atoms with Gasteiger partial charge in [-0.05, 0) is 0 Å². The average molecular weight is 287 g/mol. The number of hydrogen-bond donors (Lipinski definition) is 4. The molecule has 5 N–H and O–H groups in total. The zero-order valence-electron chi connectivity index (χ0n) is 10.6. The first-order valence-corrected chi connectivity index (χ1v) is 6.25. The number of aliphatic hydroxyl groups is 1. The Morgan fingerprint density at radius 2 is 1.67 bits per heavy atom. The summed E-state index contributed by atoms with van der Waals surface area (Å²) in [5, 5.41) is 38.6. The van der Waals surface area contributed by atoms with Gasteiger partial charge in [0.1, 0.15) is 22.8 Å². The van der Waals surface area contributed by atoms with Crippen LogP contribution in [0.4, 0.5) is 0 Å². The molecule has 0 amide bonds. The molecule has 1 unspecified atom stereocenters. The number of rotatable bonds is 0. The van der Waals surface area contributed by atoms with E-state index in [-0.39, 0.29) is 23.0 Å². The van der Waals surface area contributed by atoms with E-state index in [0.29, 0.717) is 28.4 Å². The second-order valence-electron chi connectivity index (χ2n) is 4.96. The van der Waals surface area contributed by atoms with Crippen molar-refractivity contribution in [2.75, 3.05) is 0 Å². The molecule has 0 aliphatic carbocycles. The molecule has 106 valence electrons. The molecule has 1 atom stereocenters. The molecule has 0 radical (unpaired) electrons. The summed E-state index contributed by atoms with van der Waals surface area (Å²) >= 11 is 0. The van der Waals surface area contributed by atoms with Crippen molar-refractivity contribution in [1.82, 2.24) is 0 Å². The fourth-order valence-electron chi connectivity index (χ4n) is 2.62. The molecule has 6 heteroatoms. The Hall–Kier alpha value is -3.02. The van der Waals surface area contributed by atoms with Crippen LogP contribution >= 0.6 is 0 Å². The van der Waals surface area contributed by atoms with Crippen molar-refractivity contribution in [3.63, 3.8) is 0 Å². The highest BCUT2D eigenvalue weighted by Gasteiger charge is 2.42. The van der Waals surface area contributed by atoms with E-state index in [4.69, 9.17) is 4.74 Å². The summed E-state index contributed by atoms with van der Waals surface area (Å²) in [6, 6.07) is 5.38. The van der Waals surface area contributed by atoms with Gasteiger partial charge in [-0.2, -0.15) is 0 Å². The van der Waals surface area contributed by atoms with Crippen LogP contribution in [0.15, 0.2) is 30.0 Å². The fraction of sp³-hybridized carbons (Fsp3) is 0.0667. The molecule has 0 spiro atoms. The Bertz CT molecular complexity index is 808. The Kier molecular flexibility index (Phi) is 2.11. The third kappa shape index (κ3) is 1.59. The lowest BCUT2D eigenvalue weighted by atomic mass is 10.0. The highest BCUT2D eigenvalue weighted by molar-refractivity contribution is 5.69. The first kappa shape index (κ1) is 11.8. The Morgan fingerprint density at radius 3 is 2.48 bits per heavy atom. The minimum absolute atomic E-state index is 0.0988. The third-order valence-electron chi connectivity index (χ3n) is 3.57. The zero-order chi connectivity index (χ0) is 14.7. The summed E-state index contributed by atoms with van der Waals surface area (Å²) in [6.07, 6.45) is 1.15. The quantitative estimate of drug-likeness (QED) is 0.338. The Morgan fingerprint density at radius 1 is 0.905 bits per heavy atom. The molecule has 0 saturated carbocycles. The van der Waals surface area contributed by atoms with E-state index in [2.05, 4.69) is 4.74 Å². The lowest BCUT2D eigenvalue weighted by Crippen LogP contribution is -2.09. The van der Waals surface area contributed by atoms with Gasteiger partial charge < -0.3 is 29.9 Å². The van der Waals surface area contributed by atoms with E-state index in [1.54, 1.807) is 6.08 Å². The van der Waals surface area contributed by atoms with Gasteiger partial charge in [-0.3, -0.25) is 0 Å². The van der Waals surface area contributed by atoms with Gasteiger partial charge in [-0.15, -0.1) is 0 Å². The molecule has 0 saturated heterocycles. The number of hydrogen-bond acceptors (Lipinski definition) is 5. The van der Waals surface area contributed by atoms with Gasteiger partial charge in [0.2, 0.25) is 5.76 Å². The maximum Gasteiger partial charge on any atom is 0.276 e. The van der Waals surface area contributed by atoms with Gasteiger partial charge in [0.05, 0.1) is 11.6 Å². The summed E-state index contributed by atoms with van der Waals surface area (Å²) < 4.78 is 10.0. The standard InChI is InChI=1S/C15H10O6/c16-7-3-10(19)14-12(4-7)20-13-2-6-1-8(17)9(18)5-11(6)21-15(13)14/h1-5,15-19H/p+1. The van der Waals surface area contributed by atoms with Crippen LogP contribution in [0.1, 0.15) is 17.2 Å². The monoisotopic (exact) mass is 287 g/mol. The zero-order valence-corrected chi connectivity index (χ0v) is 10.6. The predicted octanol–water partition coefficient (Wildman–Crippen LogP) is 2.24. The van der Waals surface area contributed by atoms with E-state index >= 15 is 0 Å². The van der Waals surface area contributed by atoms with Crippen LogP contribution in [-0.4, -0.2) is 25.2 Å². The number of fused-ring (bicyclic) bond motifs is 4. The van der Waals surface area contributed by atoms with Gasteiger partial charge in [0.15, 0.2) is 11.5 Å². The van der Waals surface area contributed by atoms with E-state index in [1.807, 2.05) is 0 Å². The van der Waals surface area contributed by atoms with Crippen LogP contribution in [0, 0.1) is 0 Å². The third-order valence-corrected chi connectivity index (χ3v) is 3.57. The summed E-state index contributed by atoms with van der Waals surface area (Å²) in [4.78, 5) is 0. The summed E-state index contributed by atoms with van der Waals surface area (Å²) in [7, 11) is 0. The van der Waals surface area contributed by atoms with Crippen LogP contribution in [-0.2, 0) is 0 Å². The minimum Gasteiger partial charge on any atom is -0.571 e. The van der Waals surface area contributed by atoms with Crippen molar-refractivity contribution in [2.24, 2.45) is 0 Å². The lowest BCUT2D eigenvalue weighted by Gasteiger charge is -2.19. The first-order valence-electron chi connectivity index (χ1n) is 6.25. The van der Waals surface area contributed by atoms with Crippen molar-refractivity contribution in [1.29, 1.82) is 0 Å². The number of aromatic hydroxyl groups is 5. The van der Waals surface area contributed by atoms with Crippen LogP contribution < -0.4 is 4.74 Å². The normalized spacial score (nSPS) is 17.9. The molecular formula is C15H11O6+. The summed E-state index contributed by atoms with van der Waals surface area (Å²) in [6.45, 7) is 0. The van der Waals surface area contributed by atoms with Crippen LogP contribution in [0.3, 0.4) is 0 Å². The maximum absolute atomic E-state index is 9.98. The number of benzene rings is 2. The molecule has 21 heavy (non-hydrogen) atoms. The Labute approximate surface area is 118 Å². The minimum atomic E-state index is -0.531. The average Bonchev–Trinajstić information content (AvgIpc) is 2.74. The SMILES string of the molecule is Oc1cc(O)c2c(c1)OC1=Cc3cc(O)c(O)cc3[OH+]C12. The smallest absolute Gasteiger partial charge is 0.276 e. The van der Waals surface area contributed by atoms with Crippen LogP contribution in [0.25, 0.3) is 6.08 Å². The number of ether oxygens (including phenoxy) is 2. The van der Waals surface area contributed by atoms with Crippen molar-refractivity contribution in [3.05, 3.63) is 41.2 Å². The molecule has 2 aliphatic rings. The van der Waals surface area contributed by atoms with E-state index < -0.39 is 6.10 Å². The van der Waals surface area contributed by atoms with Crippen LogP contribution in [0.2, 0.25) is 0 Å². The van der Waals surface area contributed by atoms with Gasteiger partial charge in [0, 0.05) is 24.3 Å². The van der Waals surface area contributed by atoms with Crippen LogP contribution in [0.5, 0.6) is 34.5 Å². The largest absolute Gasteiger partial charge is 0.571 e. The first-order chi connectivity index (χ1) is 10.0. The topological polar surface area (TPSA) is 103 Å². The molecule has 0 bridgehead atoms. The summed E-state index contributed by atoms with van der Waals surface area (Å²) in [5.74, 6) is 0.616. The number of phenolic OH excluding ortho intramolecular Hbond substituents is 4. The van der Waals surface area contributed by atoms with Gasteiger partial charge in [-0.25, -0.2) is 0 Å². The second-order valence-corrected chi connectivity index (χ2v) is 4.96. The van der Waals surface area contributed by atoms with Crippen molar-refractivity contribution in [2.45, 2.75) is 6.10 Å². The molecule has 4 rings (SSSR count). The molecule has 2 aromatic rings. The van der Waals surface area contributed by atoms with Gasteiger partial charge >= 0.3 is 0 Å². The molecule has 2 heterocycles. The predicted molar refractivity (Wildman–Crippen MR) is 72.6 cm³/mol. The Balaban J connectivity index is 1.87. The van der Waals surface area contributed by atoms with E-state index in [1.165, 1.54) is 24.3 Å². The highest BCUT2D eigenvalue weighted by Crippen LogP contribution is 2.52. The molecule has 2 aliphatic heterocycles. The van der Waals surface area contributed by atoms with Crippen molar-refractivity contribution in [3.8, 4) is 34.5 Å². The van der Waals surface area contributed by atoms with E-state index in [9.17, 15) is 20.4 Å². The molecular weight excluding hydrogens is 276 g/mol.